The van der Waals surface area contributed by atoms with Crippen LogP contribution < -0.4 is 5.32 Å². The highest BCUT2D eigenvalue weighted by atomic mass is 32.2. The zero-order valence-corrected chi connectivity index (χ0v) is 13.4. The second kappa shape index (κ2) is 8.27. The summed E-state index contributed by atoms with van der Waals surface area (Å²) in [6.45, 7) is 0.0524. The van der Waals surface area contributed by atoms with Crippen molar-refractivity contribution in [3.05, 3.63) is 35.1 Å². The molecule has 130 valence electrons. The molecule has 0 spiro atoms. The van der Waals surface area contributed by atoms with Crippen molar-refractivity contribution in [2.75, 3.05) is 39.6 Å². The van der Waals surface area contributed by atoms with Crippen LogP contribution in [0.1, 0.15) is 10.4 Å². The van der Waals surface area contributed by atoms with Crippen LogP contribution in [0.15, 0.2) is 12.1 Å². The highest BCUT2D eigenvalue weighted by Gasteiger charge is 2.20. The zero-order valence-electron chi connectivity index (χ0n) is 12.6. The first-order valence-electron chi connectivity index (χ1n) is 6.54. The van der Waals surface area contributed by atoms with Gasteiger partial charge in [-0.15, -0.1) is 0 Å². The summed E-state index contributed by atoms with van der Waals surface area (Å²) >= 11 is 0. The molecular weight excluding hydrogens is 337 g/mol. The molecule has 1 amide bonds. The first kappa shape index (κ1) is 19.4. The van der Waals surface area contributed by atoms with Crippen LogP contribution in [-0.2, 0) is 14.8 Å². The third-order valence-corrected chi connectivity index (χ3v) is 4.24. The minimum absolute atomic E-state index is 0.0702. The summed E-state index contributed by atoms with van der Waals surface area (Å²) in [5, 5.41) is 2.25. The Balaban J connectivity index is 2.67. The normalized spacial score (nSPS) is 11.7. The zero-order chi connectivity index (χ0) is 17.6. The van der Waals surface area contributed by atoms with Crippen molar-refractivity contribution in [1.82, 2.24) is 9.62 Å². The van der Waals surface area contributed by atoms with E-state index < -0.39 is 38.9 Å². The Hall–Kier alpha value is -1.65. The van der Waals surface area contributed by atoms with E-state index in [-0.39, 0.29) is 26.2 Å². The van der Waals surface area contributed by atoms with Crippen molar-refractivity contribution in [3.63, 3.8) is 0 Å². The number of ether oxygens (including phenoxy) is 1. The minimum Gasteiger partial charge on any atom is -0.383 e. The number of carbonyl (C=O) groups is 1. The topological polar surface area (TPSA) is 75.7 Å². The second-order valence-electron chi connectivity index (χ2n) is 4.63. The van der Waals surface area contributed by atoms with Crippen LogP contribution in [-0.4, -0.2) is 58.2 Å². The van der Waals surface area contributed by atoms with Crippen molar-refractivity contribution in [1.29, 1.82) is 0 Å². The molecule has 0 bridgehead atoms. The first-order chi connectivity index (χ1) is 10.7. The van der Waals surface area contributed by atoms with Gasteiger partial charge in [0.25, 0.3) is 5.91 Å². The highest BCUT2D eigenvalue weighted by Crippen LogP contribution is 2.14. The third kappa shape index (κ3) is 5.48. The number of benzene rings is 1. The van der Waals surface area contributed by atoms with E-state index in [4.69, 9.17) is 4.74 Å². The van der Waals surface area contributed by atoms with Crippen molar-refractivity contribution in [3.8, 4) is 0 Å². The summed E-state index contributed by atoms with van der Waals surface area (Å²) in [4.78, 5) is 11.7. The fourth-order valence-corrected chi connectivity index (χ4v) is 2.56. The number of halogens is 3. The fourth-order valence-electron chi connectivity index (χ4n) is 1.73. The molecule has 0 aromatic heterocycles. The van der Waals surface area contributed by atoms with Gasteiger partial charge in [0.1, 0.15) is 0 Å². The summed E-state index contributed by atoms with van der Waals surface area (Å²) in [5.41, 5.74) is -0.660. The van der Waals surface area contributed by atoms with E-state index >= 15 is 0 Å². The van der Waals surface area contributed by atoms with Gasteiger partial charge in [-0.3, -0.25) is 4.79 Å². The number of nitrogens with one attached hydrogen (secondary N) is 1. The summed E-state index contributed by atoms with van der Waals surface area (Å²) in [5.74, 6) is -5.71. The van der Waals surface area contributed by atoms with Gasteiger partial charge in [0.2, 0.25) is 10.0 Å². The van der Waals surface area contributed by atoms with Gasteiger partial charge < -0.3 is 10.1 Å². The molecule has 0 aliphatic carbocycles. The molecule has 0 atom stereocenters. The molecule has 1 N–H and O–H groups in total. The van der Waals surface area contributed by atoms with E-state index in [2.05, 4.69) is 5.32 Å². The highest BCUT2D eigenvalue weighted by molar-refractivity contribution is 7.88. The van der Waals surface area contributed by atoms with Crippen LogP contribution in [0, 0.1) is 17.5 Å². The number of methoxy groups -OCH3 is 1. The maximum atomic E-state index is 13.5. The largest absolute Gasteiger partial charge is 0.383 e. The molecule has 0 fully saturated rings. The van der Waals surface area contributed by atoms with Crippen molar-refractivity contribution in [2.45, 2.75) is 0 Å². The quantitative estimate of drug-likeness (QED) is 0.699. The van der Waals surface area contributed by atoms with E-state index in [1.807, 2.05) is 0 Å². The Labute approximate surface area is 132 Å². The van der Waals surface area contributed by atoms with Gasteiger partial charge in [-0.25, -0.2) is 21.6 Å². The van der Waals surface area contributed by atoms with E-state index in [1.165, 1.54) is 7.11 Å². The maximum Gasteiger partial charge on any atom is 0.254 e. The molecule has 0 aliphatic heterocycles. The smallest absolute Gasteiger partial charge is 0.254 e. The molecular formula is C13H17F3N2O4S. The van der Waals surface area contributed by atoms with Gasteiger partial charge in [-0.1, -0.05) is 0 Å². The van der Waals surface area contributed by atoms with Crippen molar-refractivity contribution < 1.29 is 31.1 Å². The first-order valence-corrected chi connectivity index (χ1v) is 8.39. The Morgan fingerprint density at radius 1 is 1.22 bits per heavy atom. The van der Waals surface area contributed by atoms with Gasteiger partial charge in [0, 0.05) is 26.7 Å². The standard InChI is InChI=1S/C13H17F3N2O4S/c1-22-8-7-18(23(2,20)21)6-5-17-13(19)9-3-4-10(14)12(16)11(9)15/h3-4H,5-8H2,1-2H3,(H,17,19). The maximum absolute atomic E-state index is 13.5. The summed E-state index contributed by atoms with van der Waals surface area (Å²) in [7, 11) is -2.09. The third-order valence-electron chi connectivity index (χ3n) is 2.94. The minimum atomic E-state index is -3.50. The SMILES string of the molecule is COCCN(CCNC(=O)c1ccc(F)c(F)c1F)S(C)(=O)=O. The van der Waals surface area contributed by atoms with Crippen LogP contribution in [0.2, 0.25) is 0 Å². The van der Waals surface area contributed by atoms with Gasteiger partial charge in [0.05, 0.1) is 18.4 Å². The van der Waals surface area contributed by atoms with Crippen molar-refractivity contribution >= 4 is 15.9 Å². The van der Waals surface area contributed by atoms with E-state index in [0.29, 0.717) is 6.07 Å². The lowest BCUT2D eigenvalue weighted by Gasteiger charge is -2.19. The predicted molar refractivity (Wildman–Crippen MR) is 76.9 cm³/mol. The summed E-state index contributed by atoms with van der Waals surface area (Å²) < 4.78 is 68.2. The average Bonchev–Trinajstić information content (AvgIpc) is 2.47. The number of hydrogen-bond donors (Lipinski definition) is 1. The molecule has 6 nitrogen and oxygen atoms in total. The molecule has 0 saturated heterocycles. The Kier molecular flexibility index (Phi) is 6.98. The Bertz CT molecular complexity index is 667. The van der Waals surface area contributed by atoms with Gasteiger partial charge in [-0.2, -0.15) is 4.31 Å². The van der Waals surface area contributed by atoms with Gasteiger partial charge in [0.15, 0.2) is 17.5 Å². The number of amides is 1. The van der Waals surface area contributed by atoms with Crippen LogP contribution >= 0.6 is 0 Å². The fraction of sp³-hybridized carbons (Fsp3) is 0.462. The molecule has 23 heavy (non-hydrogen) atoms. The van der Waals surface area contributed by atoms with E-state index in [0.717, 1.165) is 16.6 Å². The number of nitrogens with zero attached hydrogens (tertiary/aromatic N) is 1. The molecule has 0 radical (unpaired) electrons. The molecule has 0 aliphatic rings. The average molecular weight is 354 g/mol. The van der Waals surface area contributed by atoms with E-state index in [1.54, 1.807) is 0 Å². The number of rotatable bonds is 8. The monoisotopic (exact) mass is 354 g/mol. The Morgan fingerprint density at radius 3 is 2.43 bits per heavy atom. The summed E-state index contributed by atoms with van der Waals surface area (Å²) in [6.07, 6.45) is 1.000. The lowest BCUT2D eigenvalue weighted by Crippen LogP contribution is -2.39. The molecule has 1 aromatic rings. The van der Waals surface area contributed by atoms with Crippen LogP contribution in [0.4, 0.5) is 13.2 Å². The van der Waals surface area contributed by atoms with Crippen LogP contribution in [0.25, 0.3) is 0 Å². The second-order valence-corrected chi connectivity index (χ2v) is 6.62. The molecule has 1 aromatic carbocycles. The van der Waals surface area contributed by atoms with E-state index in [9.17, 15) is 26.4 Å². The lowest BCUT2D eigenvalue weighted by molar-refractivity contribution is 0.0945. The van der Waals surface area contributed by atoms with Gasteiger partial charge >= 0.3 is 0 Å². The molecule has 1 rings (SSSR count). The molecule has 0 heterocycles. The Morgan fingerprint density at radius 2 is 1.87 bits per heavy atom. The lowest BCUT2D eigenvalue weighted by atomic mass is 10.2. The summed E-state index contributed by atoms with van der Waals surface area (Å²) in [6, 6.07) is 1.44. The molecule has 0 saturated carbocycles. The predicted octanol–water partition coefficient (Wildman–Crippen LogP) is 0.742. The van der Waals surface area contributed by atoms with Crippen molar-refractivity contribution in [2.24, 2.45) is 0 Å². The van der Waals surface area contributed by atoms with Crippen LogP contribution in [0.3, 0.4) is 0 Å². The van der Waals surface area contributed by atoms with Gasteiger partial charge in [-0.05, 0) is 12.1 Å². The number of sulfonamides is 1. The molecule has 10 heteroatoms. The number of carbonyl (C=O) groups excluding carboxylic acids is 1. The van der Waals surface area contributed by atoms with Crippen LogP contribution in [0.5, 0.6) is 0 Å². The molecule has 0 unspecified atom stereocenters. The number of hydrogen-bond acceptors (Lipinski definition) is 4.